The number of nitrogens with zero attached hydrogens (tertiary/aromatic N) is 3. The van der Waals surface area contributed by atoms with Crippen LogP contribution in [-0.2, 0) is 37.0 Å². The largest absolute Gasteiger partial charge is 0.470 e. The number of furan rings is 1. The van der Waals surface area contributed by atoms with Gasteiger partial charge in [-0.05, 0) is 92.8 Å². The molecular weight excluding hydrogens is 876 g/mol. The number of sulfonamides is 1. The van der Waals surface area contributed by atoms with Crippen LogP contribution in [0.3, 0.4) is 0 Å². The fourth-order valence-electron chi connectivity index (χ4n) is 8.87. The highest BCUT2D eigenvalue weighted by molar-refractivity contribution is 7.90. The van der Waals surface area contributed by atoms with Crippen LogP contribution in [-0.4, -0.2) is 76.8 Å². The van der Waals surface area contributed by atoms with Crippen molar-refractivity contribution in [3.63, 3.8) is 0 Å². The van der Waals surface area contributed by atoms with Crippen molar-refractivity contribution in [3.8, 4) is 17.3 Å². The maximum atomic E-state index is 15.2. The summed E-state index contributed by atoms with van der Waals surface area (Å²) in [7, 11) is -3.94. The third-order valence-electron chi connectivity index (χ3n) is 12.8. The molecule has 3 fully saturated rings. The maximum Gasteiger partial charge on any atom is 0.416 e. The average molecular weight is 928 g/mol. The average Bonchev–Trinajstić information content (AvgIpc) is 4.16. The molecule has 0 unspecified atom stereocenters. The van der Waals surface area contributed by atoms with E-state index in [-0.39, 0.29) is 72.9 Å². The van der Waals surface area contributed by atoms with Gasteiger partial charge in [-0.15, -0.1) is 6.58 Å². The molecule has 8 rings (SSSR count). The molecule has 66 heavy (non-hydrogen) atoms. The first-order valence-electron chi connectivity index (χ1n) is 22.0. The van der Waals surface area contributed by atoms with Crippen molar-refractivity contribution in [2.45, 2.75) is 103 Å². The summed E-state index contributed by atoms with van der Waals surface area (Å²) < 4.78 is 81.5. The van der Waals surface area contributed by atoms with Gasteiger partial charge < -0.3 is 19.4 Å². The minimum absolute atomic E-state index is 0.0479. The van der Waals surface area contributed by atoms with Crippen molar-refractivity contribution in [3.05, 3.63) is 102 Å². The summed E-state index contributed by atoms with van der Waals surface area (Å²) >= 11 is 0. The van der Waals surface area contributed by atoms with Gasteiger partial charge in [-0.3, -0.25) is 23.9 Å². The quantitative estimate of drug-likeness (QED) is 0.0973. The number of hydrogen-bond acceptors (Lipinski definition) is 10. The number of amides is 3. The number of rotatable bonds is 15. The van der Waals surface area contributed by atoms with Crippen LogP contribution >= 0.6 is 0 Å². The number of hydrogen-bond donors (Lipinski definition) is 2. The lowest BCUT2D eigenvalue weighted by Gasteiger charge is -2.35. The summed E-state index contributed by atoms with van der Waals surface area (Å²) in [6.07, 6.45) is -3.08. The molecule has 2 aliphatic carbocycles. The zero-order valence-electron chi connectivity index (χ0n) is 37.3. The van der Waals surface area contributed by atoms with Crippen LogP contribution < -0.4 is 14.8 Å². The minimum atomic E-state index is -4.57. The van der Waals surface area contributed by atoms with E-state index >= 15 is 4.79 Å². The number of ether oxygens (including phenoxy) is 1. The number of para-hydroxylation sites is 1. The van der Waals surface area contributed by atoms with Crippen LogP contribution in [0.5, 0.6) is 5.88 Å². The second-order valence-corrected chi connectivity index (χ2v) is 21.1. The van der Waals surface area contributed by atoms with E-state index in [0.717, 1.165) is 17.7 Å². The Bertz CT molecular complexity index is 2850. The van der Waals surface area contributed by atoms with Gasteiger partial charge in [-0.2, -0.15) is 18.2 Å². The Kier molecular flexibility index (Phi) is 12.2. The molecule has 13 nitrogen and oxygen atoms in total. The maximum absolute atomic E-state index is 15.2. The number of allylic oxidation sites excluding steroid dienone is 1. The van der Waals surface area contributed by atoms with Crippen LogP contribution in [0, 0.1) is 22.7 Å². The van der Waals surface area contributed by atoms with E-state index in [0.29, 0.717) is 34.9 Å². The summed E-state index contributed by atoms with van der Waals surface area (Å²) in [4.78, 5) is 67.6. The van der Waals surface area contributed by atoms with Crippen molar-refractivity contribution >= 4 is 55.6 Å². The van der Waals surface area contributed by atoms with Gasteiger partial charge in [0.25, 0.3) is 11.8 Å². The number of carbonyl (C=O) groups is 4. The number of likely N-dealkylation sites (tertiary alicyclic amines) is 1. The van der Waals surface area contributed by atoms with Crippen molar-refractivity contribution in [1.82, 2.24) is 24.9 Å². The van der Waals surface area contributed by atoms with E-state index in [9.17, 15) is 36.0 Å². The second kappa shape index (κ2) is 17.3. The van der Waals surface area contributed by atoms with Gasteiger partial charge in [0.15, 0.2) is 11.6 Å². The lowest BCUT2D eigenvalue weighted by atomic mass is 9.76. The van der Waals surface area contributed by atoms with Gasteiger partial charge in [0.2, 0.25) is 27.4 Å². The molecule has 0 radical (unpaired) electrons. The topological polar surface area (TPSA) is 178 Å². The fourth-order valence-corrected chi connectivity index (χ4v) is 10.3. The van der Waals surface area contributed by atoms with Crippen LogP contribution in [0.2, 0.25) is 0 Å². The van der Waals surface area contributed by atoms with Crippen molar-refractivity contribution < 1.29 is 49.9 Å². The van der Waals surface area contributed by atoms with Crippen molar-refractivity contribution in [1.29, 1.82) is 0 Å². The number of fused-ring (bicyclic) bond motifs is 3. The Morgan fingerprint density at radius 2 is 1.71 bits per heavy atom. The Morgan fingerprint density at radius 3 is 2.35 bits per heavy atom. The fraction of sp³-hybridized carbons (Fsp3) is 0.429. The molecule has 3 amide bonds. The van der Waals surface area contributed by atoms with E-state index in [2.05, 4.69) is 26.6 Å². The number of Topliss-reactive ketones (excluding diaryl/α,β-unsaturated/α-hetero) is 1. The molecule has 3 heterocycles. The molecule has 2 saturated carbocycles. The van der Waals surface area contributed by atoms with Gasteiger partial charge in [-0.1, -0.05) is 63.2 Å². The predicted molar refractivity (Wildman–Crippen MR) is 240 cm³/mol. The number of alkyl halides is 3. The molecule has 0 spiro atoms. The monoisotopic (exact) mass is 927 g/mol. The third kappa shape index (κ3) is 9.44. The number of carbonyl (C=O) groups excluding carboxylic acids is 4. The number of aromatic nitrogens is 2. The SMILES string of the molecule is C=C[C@@H]1C[C@]1(CC(=O)[C@@H]1C[C@@H](Oc2nc(-c3ccc(C(F)(F)F)cc3)nc3c2oc2ccccc23)CN1C(=O)[C@@H](Cc1cccc(C(=O)NC(C)C)c1)C(C)(C)C)C(=O)NS(=O)(=O)C1CC1. The number of nitrogens with one attached hydrogen (secondary N) is 2. The molecule has 17 heteroatoms. The first-order valence-corrected chi connectivity index (χ1v) is 23.6. The molecule has 2 N–H and O–H groups in total. The number of benzene rings is 3. The lowest BCUT2D eigenvalue weighted by Crippen LogP contribution is -2.48. The molecule has 3 aromatic carbocycles. The normalized spacial score (nSPS) is 21.5. The van der Waals surface area contributed by atoms with Crippen molar-refractivity contribution in [2.75, 3.05) is 6.54 Å². The minimum Gasteiger partial charge on any atom is -0.470 e. The standard InChI is InChI=1S/C49H52F3N5O8S/c1-7-31-24-48(31,46(61)56-66(62,63)34-19-20-34)25-38(58)37-23-33(26-57(37)45(60)36(47(4,5)6)22-28-11-10-12-30(21-28)43(59)53-27(2)3)64-44-41-40(35-13-8-9-14-39(35)65-41)54-42(55-44)29-15-17-32(18-16-29)49(50,51)52/h7-18,21,27,31,33-34,36-37H,1,19-20,22-26H2,2-6H3,(H,53,59)(H,56,61)/t31-,33-,36-,37+,48-/m1/s1. The summed E-state index contributed by atoms with van der Waals surface area (Å²) in [5, 5.41) is 2.81. The van der Waals surface area contributed by atoms with Crippen LogP contribution in [0.25, 0.3) is 33.5 Å². The molecule has 0 bridgehead atoms. The molecule has 1 aliphatic heterocycles. The van der Waals surface area contributed by atoms with Crippen molar-refractivity contribution in [2.24, 2.45) is 22.7 Å². The first-order chi connectivity index (χ1) is 31.1. The highest BCUT2D eigenvalue weighted by Gasteiger charge is 2.61. The predicted octanol–water partition coefficient (Wildman–Crippen LogP) is 8.21. The summed E-state index contributed by atoms with van der Waals surface area (Å²) in [6.45, 7) is 13.2. The Hall–Kier alpha value is -6.10. The highest BCUT2D eigenvalue weighted by Crippen LogP contribution is 2.57. The second-order valence-electron chi connectivity index (χ2n) is 19.2. The summed E-state index contributed by atoms with van der Waals surface area (Å²) in [6, 6.07) is 17.2. The number of ketones is 1. The zero-order chi connectivity index (χ0) is 47.5. The van der Waals surface area contributed by atoms with Gasteiger partial charge in [0.05, 0.1) is 28.8 Å². The lowest BCUT2D eigenvalue weighted by molar-refractivity contribution is -0.144. The summed E-state index contributed by atoms with van der Waals surface area (Å²) in [5.41, 5.74) is -0.579. The Morgan fingerprint density at radius 1 is 1.00 bits per heavy atom. The van der Waals surface area contributed by atoms with Gasteiger partial charge in [-0.25, -0.2) is 13.4 Å². The van der Waals surface area contributed by atoms with Gasteiger partial charge >= 0.3 is 6.18 Å². The molecular formula is C49H52F3N5O8S. The van der Waals surface area contributed by atoms with E-state index in [1.54, 1.807) is 42.5 Å². The third-order valence-corrected chi connectivity index (χ3v) is 14.6. The Balaban J connectivity index is 1.15. The number of halogens is 3. The smallest absolute Gasteiger partial charge is 0.416 e. The van der Waals surface area contributed by atoms with Gasteiger partial charge in [0.1, 0.15) is 17.2 Å². The molecule has 1 saturated heterocycles. The van der Waals surface area contributed by atoms with Crippen LogP contribution in [0.4, 0.5) is 13.2 Å². The van der Waals surface area contributed by atoms with Gasteiger partial charge in [0, 0.05) is 41.3 Å². The zero-order valence-corrected chi connectivity index (χ0v) is 38.1. The van der Waals surface area contributed by atoms with E-state index in [1.807, 2.05) is 40.7 Å². The molecule has 5 atom stereocenters. The van der Waals surface area contributed by atoms with Crippen LogP contribution in [0.1, 0.15) is 88.2 Å². The molecule has 5 aromatic rings. The highest BCUT2D eigenvalue weighted by atomic mass is 32.2. The van der Waals surface area contributed by atoms with Crippen LogP contribution in [0.15, 0.2) is 89.9 Å². The Labute approximate surface area is 380 Å². The van der Waals surface area contributed by atoms with E-state index in [4.69, 9.17) is 9.15 Å². The molecule has 2 aromatic heterocycles. The summed E-state index contributed by atoms with van der Waals surface area (Å²) in [5.74, 6) is -3.12. The first kappa shape index (κ1) is 46.4. The molecule has 3 aliphatic rings. The molecule has 348 valence electrons. The van der Waals surface area contributed by atoms with E-state index < -0.39 is 73.5 Å². The van der Waals surface area contributed by atoms with E-state index in [1.165, 1.54) is 23.1 Å².